The van der Waals surface area contributed by atoms with Crippen molar-refractivity contribution in [3.8, 4) is 5.75 Å². The number of nitrogens with one attached hydrogen (secondary N) is 3. The molecule has 1 aromatic carbocycles. The Bertz CT molecular complexity index is 1250. The van der Waals surface area contributed by atoms with Crippen molar-refractivity contribution in [3.63, 3.8) is 0 Å². The van der Waals surface area contributed by atoms with Gasteiger partial charge >= 0.3 is 0 Å². The molecule has 0 spiro atoms. The number of anilines is 5. The van der Waals surface area contributed by atoms with Gasteiger partial charge in [0, 0.05) is 44.1 Å². The Hall–Kier alpha value is -4.15. The lowest BCUT2D eigenvalue weighted by molar-refractivity contribution is 0.102. The first-order chi connectivity index (χ1) is 17.6. The smallest absolute Gasteiger partial charge is 0.261 e. The zero-order valence-corrected chi connectivity index (χ0v) is 20.0. The third-order valence-electron chi connectivity index (χ3n) is 6.45. The monoisotopic (exact) mass is 490 g/mol. The first-order valence-corrected chi connectivity index (χ1v) is 12.4. The fourth-order valence-corrected chi connectivity index (χ4v) is 4.51. The molecule has 2 aliphatic heterocycles. The van der Waals surface area contributed by atoms with Gasteiger partial charge in [0.2, 0.25) is 17.8 Å². The number of piperidine rings is 2. The SMILES string of the molecule is O=C(Nc1ccc(Nc2nc(N3CCCCC3)nc(N3CCCCC3)n2)cc1O)c1ccc[nH]c1=O. The lowest BCUT2D eigenvalue weighted by atomic mass is 10.1. The zero-order valence-electron chi connectivity index (χ0n) is 20.0. The summed E-state index contributed by atoms with van der Waals surface area (Å²) in [5.74, 6) is 0.964. The van der Waals surface area contributed by atoms with Gasteiger partial charge < -0.3 is 30.5 Å². The molecular weight excluding hydrogens is 460 g/mol. The van der Waals surface area contributed by atoms with Gasteiger partial charge in [-0.15, -0.1) is 0 Å². The molecule has 4 N–H and O–H groups in total. The highest BCUT2D eigenvalue weighted by Crippen LogP contribution is 2.29. The van der Waals surface area contributed by atoms with Crippen molar-refractivity contribution in [3.05, 3.63) is 52.4 Å². The highest BCUT2D eigenvalue weighted by molar-refractivity contribution is 6.04. The van der Waals surface area contributed by atoms with E-state index in [4.69, 9.17) is 4.98 Å². The molecule has 3 aromatic rings. The van der Waals surface area contributed by atoms with Crippen LogP contribution in [-0.4, -0.2) is 57.1 Å². The van der Waals surface area contributed by atoms with Crippen molar-refractivity contribution < 1.29 is 9.90 Å². The molecule has 0 radical (unpaired) electrons. The number of pyridine rings is 1. The Morgan fingerprint density at radius 2 is 1.53 bits per heavy atom. The summed E-state index contributed by atoms with van der Waals surface area (Å²) in [6, 6.07) is 7.73. The van der Waals surface area contributed by atoms with E-state index in [1.165, 1.54) is 31.2 Å². The summed E-state index contributed by atoms with van der Waals surface area (Å²) in [5.41, 5.74) is 0.201. The van der Waals surface area contributed by atoms with E-state index in [0.717, 1.165) is 51.9 Å². The molecule has 36 heavy (non-hydrogen) atoms. The average molecular weight is 491 g/mol. The molecule has 5 rings (SSSR count). The van der Waals surface area contributed by atoms with Crippen LogP contribution in [0.4, 0.5) is 29.2 Å². The fraction of sp³-hybridized carbons (Fsp3) is 0.400. The number of H-pyrrole nitrogens is 1. The van der Waals surface area contributed by atoms with Crippen molar-refractivity contribution in [1.29, 1.82) is 0 Å². The number of hydrogen-bond donors (Lipinski definition) is 4. The van der Waals surface area contributed by atoms with E-state index in [1.54, 1.807) is 18.2 Å². The molecule has 0 atom stereocenters. The molecule has 2 saturated heterocycles. The van der Waals surface area contributed by atoms with Crippen LogP contribution in [0.15, 0.2) is 41.3 Å². The van der Waals surface area contributed by atoms with E-state index >= 15 is 0 Å². The molecule has 4 heterocycles. The van der Waals surface area contributed by atoms with Gasteiger partial charge in [-0.2, -0.15) is 15.0 Å². The summed E-state index contributed by atoms with van der Waals surface area (Å²) in [5, 5.41) is 16.3. The molecule has 2 fully saturated rings. The third kappa shape index (κ3) is 5.40. The van der Waals surface area contributed by atoms with Gasteiger partial charge in [-0.25, -0.2) is 0 Å². The molecule has 1 amide bonds. The number of phenolic OH excluding ortho intramolecular Hbond substituents is 1. The molecule has 0 bridgehead atoms. The Morgan fingerprint density at radius 3 is 2.11 bits per heavy atom. The van der Waals surface area contributed by atoms with E-state index in [9.17, 15) is 14.7 Å². The van der Waals surface area contributed by atoms with E-state index in [2.05, 4.69) is 35.4 Å². The Balaban J connectivity index is 1.37. The number of carbonyl (C=O) groups excluding carboxylic acids is 1. The van der Waals surface area contributed by atoms with Crippen molar-refractivity contribution in [2.75, 3.05) is 46.6 Å². The number of benzene rings is 1. The minimum absolute atomic E-state index is 0.0419. The van der Waals surface area contributed by atoms with Gasteiger partial charge in [-0.05, 0) is 62.8 Å². The lowest BCUT2D eigenvalue weighted by Crippen LogP contribution is -2.34. The number of aromatic nitrogens is 4. The average Bonchev–Trinajstić information content (AvgIpc) is 2.91. The van der Waals surface area contributed by atoms with Crippen LogP contribution < -0.4 is 26.0 Å². The summed E-state index contributed by atoms with van der Waals surface area (Å²) in [6.45, 7) is 3.68. The van der Waals surface area contributed by atoms with Gasteiger partial charge in [-0.3, -0.25) is 9.59 Å². The lowest BCUT2D eigenvalue weighted by Gasteiger charge is -2.30. The Kier molecular flexibility index (Phi) is 6.96. The number of aromatic hydroxyl groups is 1. The van der Waals surface area contributed by atoms with Crippen LogP contribution in [-0.2, 0) is 0 Å². The van der Waals surface area contributed by atoms with Crippen molar-refractivity contribution >= 4 is 35.1 Å². The molecule has 11 heteroatoms. The third-order valence-corrected chi connectivity index (χ3v) is 6.45. The second kappa shape index (κ2) is 10.6. The largest absolute Gasteiger partial charge is 0.506 e. The summed E-state index contributed by atoms with van der Waals surface area (Å²) in [4.78, 5) is 45.3. The van der Waals surface area contributed by atoms with Gasteiger partial charge in [0.25, 0.3) is 11.5 Å². The van der Waals surface area contributed by atoms with Crippen LogP contribution >= 0.6 is 0 Å². The normalized spacial score (nSPS) is 16.0. The first-order valence-electron chi connectivity index (χ1n) is 12.4. The molecular formula is C25H30N8O3. The van der Waals surface area contributed by atoms with Crippen molar-refractivity contribution in [1.82, 2.24) is 19.9 Å². The van der Waals surface area contributed by atoms with Crippen LogP contribution in [0.25, 0.3) is 0 Å². The topological polar surface area (TPSA) is 139 Å². The quantitative estimate of drug-likeness (QED) is 0.383. The molecule has 0 aliphatic carbocycles. The standard InChI is InChI=1S/C25H30N8O3/c34-20-16-17(9-10-19(20)28-22(36)18-8-7-11-26-21(18)35)27-23-29-24(32-12-3-1-4-13-32)31-25(30-23)33-14-5-2-6-15-33/h7-11,16,34H,1-6,12-15H2,(H,26,35)(H,28,36)(H,27,29,30,31). The van der Waals surface area contributed by atoms with Gasteiger partial charge in [0.15, 0.2) is 0 Å². The maximum absolute atomic E-state index is 12.4. The molecule has 188 valence electrons. The van der Waals surface area contributed by atoms with Crippen molar-refractivity contribution in [2.45, 2.75) is 38.5 Å². The van der Waals surface area contributed by atoms with E-state index in [0.29, 0.717) is 23.5 Å². The molecule has 11 nitrogen and oxygen atoms in total. The maximum atomic E-state index is 12.4. The van der Waals surface area contributed by atoms with Gasteiger partial charge in [0.05, 0.1) is 5.69 Å². The summed E-state index contributed by atoms with van der Waals surface area (Å²) in [6.07, 6.45) is 8.34. The van der Waals surface area contributed by atoms with Crippen LogP contribution in [0.2, 0.25) is 0 Å². The molecule has 0 saturated carbocycles. The predicted molar refractivity (Wildman–Crippen MR) is 138 cm³/mol. The highest BCUT2D eigenvalue weighted by atomic mass is 16.3. The van der Waals surface area contributed by atoms with E-state index in [1.807, 2.05) is 0 Å². The number of aromatic amines is 1. The fourth-order valence-electron chi connectivity index (χ4n) is 4.51. The van der Waals surface area contributed by atoms with Gasteiger partial charge in [-0.1, -0.05) is 0 Å². The summed E-state index contributed by atoms with van der Waals surface area (Å²) in [7, 11) is 0. The van der Waals surface area contributed by atoms with Gasteiger partial charge in [0.1, 0.15) is 11.3 Å². The second-order valence-electron chi connectivity index (χ2n) is 9.08. The zero-order chi connectivity index (χ0) is 24.9. The maximum Gasteiger partial charge on any atom is 0.261 e. The minimum atomic E-state index is -0.609. The summed E-state index contributed by atoms with van der Waals surface area (Å²) >= 11 is 0. The number of amides is 1. The van der Waals surface area contributed by atoms with Crippen LogP contribution in [0.5, 0.6) is 5.75 Å². The van der Waals surface area contributed by atoms with E-state index < -0.39 is 11.5 Å². The molecule has 0 unspecified atom stereocenters. The minimum Gasteiger partial charge on any atom is -0.506 e. The molecule has 2 aliphatic rings. The second-order valence-corrected chi connectivity index (χ2v) is 9.08. The number of carbonyl (C=O) groups is 1. The number of hydrogen-bond acceptors (Lipinski definition) is 9. The highest BCUT2D eigenvalue weighted by Gasteiger charge is 2.21. The first kappa shape index (κ1) is 23.6. The number of nitrogens with zero attached hydrogens (tertiary/aromatic N) is 5. The predicted octanol–water partition coefficient (Wildman–Crippen LogP) is 3.24. The number of rotatable bonds is 6. The van der Waals surface area contributed by atoms with Crippen molar-refractivity contribution in [2.24, 2.45) is 0 Å². The Morgan fingerprint density at radius 1 is 0.889 bits per heavy atom. The Labute approximate surface area is 208 Å². The molecule has 2 aromatic heterocycles. The van der Waals surface area contributed by atoms with Crippen LogP contribution in [0, 0.1) is 0 Å². The van der Waals surface area contributed by atoms with Crippen LogP contribution in [0.3, 0.4) is 0 Å². The summed E-state index contributed by atoms with van der Waals surface area (Å²) < 4.78 is 0. The number of phenols is 1. The van der Waals surface area contributed by atoms with E-state index in [-0.39, 0.29) is 17.0 Å². The van der Waals surface area contributed by atoms with Crippen LogP contribution in [0.1, 0.15) is 48.9 Å².